The molecule has 0 radical (unpaired) electrons. The summed E-state index contributed by atoms with van der Waals surface area (Å²) in [4.78, 5) is 2.18. The first kappa shape index (κ1) is 22.2. The minimum Gasteiger partial charge on any atom is -0.493 e. The van der Waals surface area contributed by atoms with E-state index < -0.39 is 6.10 Å². The minimum atomic E-state index is -0.534. The summed E-state index contributed by atoms with van der Waals surface area (Å²) < 4.78 is 13.2. The van der Waals surface area contributed by atoms with Crippen LogP contribution in [0.1, 0.15) is 25.8 Å². The molecule has 0 unspecified atom stereocenters. The maximum Gasteiger partial charge on any atom is 0.161 e. The quantitative estimate of drug-likeness (QED) is 0.482. The Hall–Kier alpha value is -2.09. The van der Waals surface area contributed by atoms with Crippen molar-refractivity contribution in [3.63, 3.8) is 0 Å². The second-order valence-corrected chi connectivity index (χ2v) is 6.74. The first-order valence-electron chi connectivity index (χ1n) is 10.0. The molecule has 7 heteroatoms. The molecule has 2 aromatic rings. The molecule has 1 aromatic heterocycles. The Morgan fingerprint density at radius 2 is 2.07 bits per heavy atom. The van der Waals surface area contributed by atoms with E-state index in [9.17, 15) is 5.11 Å². The van der Waals surface area contributed by atoms with Gasteiger partial charge in [-0.25, -0.2) is 0 Å². The predicted octanol–water partition coefficient (Wildman–Crippen LogP) is 2.15. The Morgan fingerprint density at radius 3 is 2.75 bits per heavy atom. The molecule has 0 aliphatic rings. The first-order chi connectivity index (χ1) is 13.7. The largest absolute Gasteiger partial charge is 0.493 e. The zero-order valence-corrected chi connectivity index (χ0v) is 17.3. The molecule has 7 nitrogen and oxygen atoms in total. The van der Waals surface area contributed by atoms with E-state index in [0.717, 1.165) is 44.7 Å². The van der Waals surface area contributed by atoms with Crippen LogP contribution in [-0.4, -0.2) is 65.8 Å². The fourth-order valence-electron chi connectivity index (χ4n) is 2.99. The second-order valence-electron chi connectivity index (χ2n) is 6.74. The molecule has 0 bridgehead atoms. The maximum atomic E-state index is 10.2. The number of benzene rings is 1. The van der Waals surface area contributed by atoms with Crippen molar-refractivity contribution in [2.45, 2.75) is 39.5 Å². The van der Waals surface area contributed by atoms with Crippen LogP contribution < -0.4 is 14.8 Å². The number of ether oxygens (including phenoxy) is 2. The van der Waals surface area contributed by atoms with Crippen molar-refractivity contribution in [2.75, 3.05) is 39.9 Å². The average Bonchev–Trinajstić information content (AvgIpc) is 3.23. The highest BCUT2D eigenvalue weighted by Gasteiger charge is 2.12. The molecule has 1 heterocycles. The van der Waals surface area contributed by atoms with Crippen molar-refractivity contribution in [3.8, 4) is 11.5 Å². The zero-order valence-electron chi connectivity index (χ0n) is 17.3. The number of aliphatic hydroxyl groups is 1. The van der Waals surface area contributed by atoms with E-state index in [1.54, 1.807) is 13.3 Å². The summed E-state index contributed by atoms with van der Waals surface area (Å²) >= 11 is 0. The van der Waals surface area contributed by atoms with Gasteiger partial charge in [-0.1, -0.05) is 19.9 Å². The van der Waals surface area contributed by atoms with Crippen molar-refractivity contribution in [1.82, 2.24) is 20.0 Å². The molecule has 0 saturated heterocycles. The monoisotopic (exact) mass is 390 g/mol. The number of methoxy groups -OCH3 is 1. The summed E-state index contributed by atoms with van der Waals surface area (Å²) in [5, 5.41) is 17.9. The highest BCUT2D eigenvalue weighted by molar-refractivity contribution is 5.43. The second kappa shape index (κ2) is 12.4. The Bertz CT molecular complexity index is 660. The van der Waals surface area contributed by atoms with Gasteiger partial charge < -0.3 is 24.8 Å². The third-order valence-corrected chi connectivity index (χ3v) is 4.65. The van der Waals surface area contributed by atoms with Gasteiger partial charge in [0.1, 0.15) is 12.7 Å². The molecule has 0 spiro atoms. The van der Waals surface area contributed by atoms with Crippen LogP contribution >= 0.6 is 0 Å². The van der Waals surface area contributed by atoms with Crippen molar-refractivity contribution >= 4 is 0 Å². The van der Waals surface area contributed by atoms with Crippen molar-refractivity contribution in [2.24, 2.45) is 0 Å². The van der Waals surface area contributed by atoms with Gasteiger partial charge in [-0.15, -0.1) is 0 Å². The highest BCUT2D eigenvalue weighted by atomic mass is 16.5. The van der Waals surface area contributed by atoms with Gasteiger partial charge in [0.05, 0.1) is 7.11 Å². The molecular weight excluding hydrogens is 356 g/mol. The summed E-state index contributed by atoms with van der Waals surface area (Å²) in [6.45, 7) is 9.42. The van der Waals surface area contributed by atoms with Crippen molar-refractivity contribution in [1.29, 1.82) is 0 Å². The number of rotatable bonds is 14. The summed E-state index contributed by atoms with van der Waals surface area (Å²) in [5.74, 6) is 1.34. The number of aryl methyl sites for hydroxylation is 1. The number of hydrogen-bond donors (Lipinski definition) is 2. The fraction of sp³-hybridized carbons (Fsp3) is 0.571. The van der Waals surface area contributed by atoms with Crippen LogP contribution in [-0.2, 0) is 13.1 Å². The van der Waals surface area contributed by atoms with Crippen LogP contribution in [0.5, 0.6) is 11.5 Å². The van der Waals surface area contributed by atoms with Gasteiger partial charge in [0.2, 0.25) is 0 Å². The lowest BCUT2D eigenvalue weighted by Crippen LogP contribution is -2.35. The Kier molecular flexibility index (Phi) is 9.82. The predicted molar refractivity (Wildman–Crippen MR) is 111 cm³/mol. The molecule has 0 aliphatic heterocycles. The lowest BCUT2D eigenvalue weighted by Gasteiger charge is -2.22. The molecule has 2 rings (SSSR count). The van der Waals surface area contributed by atoms with Gasteiger partial charge >= 0.3 is 0 Å². The van der Waals surface area contributed by atoms with Gasteiger partial charge in [0, 0.05) is 32.0 Å². The molecule has 0 saturated carbocycles. The Balaban J connectivity index is 1.79. The molecule has 0 amide bonds. The molecule has 0 aliphatic carbocycles. The van der Waals surface area contributed by atoms with E-state index in [2.05, 4.69) is 29.2 Å². The van der Waals surface area contributed by atoms with Crippen LogP contribution in [0.4, 0.5) is 0 Å². The number of hydrogen-bond acceptors (Lipinski definition) is 6. The molecule has 0 fully saturated rings. The average molecular weight is 391 g/mol. The molecule has 2 N–H and O–H groups in total. The van der Waals surface area contributed by atoms with Gasteiger partial charge in [0.25, 0.3) is 0 Å². The number of aromatic nitrogens is 2. The van der Waals surface area contributed by atoms with Crippen LogP contribution in [0, 0.1) is 0 Å². The lowest BCUT2D eigenvalue weighted by molar-refractivity contribution is 0.0705. The topological polar surface area (TPSA) is 71.8 Å². The third-order valence-electron chi connectivity index (χ3n) is 4.65. The van der Waals surface area contributed by atoms with Gasteiger partial charge in [0.15, 0.2) is 11.5 Å². The van der Waals surface area contributed by atoms with E-state index in [1.165, 1.54) is 0 Å². The van der Waals surface area contributed by atoms with Crippen LogP contribution in [0.25, 0.3) is 0 Å². The fourth-order valence-corrected chi connectivity index (χ4v) is 2.99. The van der Waals surface area contributed by atoms with Crippen molar-refractivity contribution < 1.29 is 14.6 Å². The molecule has 156 valence electrons. The van der Waals surface area contributed by atoms with Crippen LogP contribution in [0.3, 0.4) is 0 Å². The Morgan fingerprint density at radius 1 is 1.25 bits per heavy atom. The van der Waals surface area contributed by atoms with Gasteiger partial charge in [-0.2, -0.15) is 5.10 Å². The van der Waals surface area contributed by atoms with E-state index in [1.807, 2.05) is 35.1 Å². The third kappa shape index (κ3) is 7.50. The van der Waals surface area contributed by atoms with E-state index in [4.69, 9.17) is 9.47 Å². The SMILES string of the molecule is CCN(CC)C[C@@H](O)COc1cc(CNCCCn2cccn2)ccc1OC. The maximum absolute atomic E-state index is 10.2. The smallest absolute Gasteiger partial charge is 0.161 e. The molecule has 28 heavy (non-hydrogen) atoms. The lowest BCUT2D eigenvalue weighted by atomic mass is 10.2. The van der Waals surface area contributed by atoms with E-state index >= 15 is 0 Å². The Labute approximate surface area is 168 Å². The number of nitrogens with one attached hydrogen (secondary N) is 1. The first-order valence-corrected chi connectivity index (χ1v) is 10.0. The zero-order chi connectivity index (χ0) is 20.2. The standard InChI is InChI=1S/C21H34N4O3/c1-4-24(5-2)16-19(26)17-28-21-14-18(8-9-20(21)27-3)15-22-10-6-12-25-13-7-11-23-25/h7-9,11,13-14,19,22,26H,4-6,10,12,15-17H2,1-3H3/t19-/m1/s1. The summed E-state index contributed by atoms with van der Waals surface area (Å²) in [5.41, 5.74) is 1.12. The van der Waals surface area contributed by atoms with Crippen LogP contribution in [0.2, 0.25) is 0 Å². The molecular formula is C21H34N4O3. The van der Waals surface area contributed by atoms with E-state index in [-0.39, 0.29) is 6.61 Å². The number of likely N-dealkylation sites (N-methyl/N-ethyl adjacent to an activating group) is 1. The van der Waals surface area contributed by atoms with Crippen LogP contribution in [0.15, 0.2) is 36.7 Å². The highest BCUT2D eigenvalue weighted by Crippen LogP contribution is 2.28. The van der Waals surface area contributed by atoms with E-state index in [0.29, 0.717) is 18.0 Å². The minimum absolute atomic E-state index is 0.244. The normalized spacial score (nSPS) is 12.3. The molecule has 1 aromatic carbocycles. The molecule has 1 atom stereocenters. The van der Waals surface area contributed by atoms with Gasteiger partial charge in [-0.05, 0) is 49.8 Å². The number of aliphatic hydroxyl groups excluding tert-OH is 1. The summed E-state index contributed by atoms with van der Waals surface area (Å²) in [6, 6.07) is 7.85. The summed E-state index contributed by atoms with van der Waals surface area (Å²) in [7, 11) is 1.63. The number of nitrogens with zero attached hydrogens (tertiary/aromatic N) is 3. The summed E-state index contributed by atoms with van der Waals surface area (Å²) in [6.07, 6.45) is 4.25. The van der Waals surface area contributed by atoms with Gasteiger partial charge in [-0.3, -0.25) is 4.68 Å². The van der Waals surface area contributed by atoms with Crippen molar-refractivity contribution in [3.05, 3.63) is 42.2 Å².